The van der Waals surface area contributed by atoms with Crippen LogP contribution in [0.3, 0.4) is 0 Å². The Morgan fingerprint density at radius 1 is 1.33 bits per heavy atom. The van der Waals surface area contributed by atoms with Crippen LogP contribution in [0.25, 0.3) is 0 Å². The van der Waals surface area contributed by atoms with E-state index in [1.54, 1.807) is 0 Å². The number of halogens is 2. The summed E-state index contributed by atoms with van der Waals surface area (Å²) in [7, 11) is 0. The summed E-state index contributed by atoms with van der Waals surface area (Å²) in [6, 6.07) is 0. The number of nitrogens with two attached hydrogens (primary N) is 1. The maximum atomic E-state index is 13.4. The molecule has 0 aliphatic heterocycles. The molecule has 6 heteroatoms. The van der Waals surface area contributed by atoms with Crippen molar-refractivity contribution in [1.29, 1.82) is 0 Å². The molecule has 1 fully saturated rings. The summed E-state index contributed by atoms with van der Waals surface area (Å²) in [4.78, 5) is 7.42. The van der Waals surface area contributed by atoms with Gasteiger partial charge in [-0.15, -0.1) is 0 Å². The van der Waals surface area contributed by atoms with E-state index in [0.29, 0.717) is 11.8 Å². The Kier molecular flexibility index (Phi) is 4.72. The van der Waals surface area contributed by atoms with E-state index in [1.165, 1.54) is 0 Å². The zero-order chi connectivity index (χ0) is 13.0. The van der Waals surface area contributed by atoms with Gasteiger partial charge in [-0.25, -0.2) is 9.37 Å². The summed E-state index contributed by atoms with van der Waals surface area (Å²) in [5.41, 5.74) is 5.65. The fourth-order valence-corrected chi connectivity index (χ4v) is 2.52. The summed E-state index contributed by atoms with van der Waals surface area (Å²) in [5.74, 6) is 0.943. The third-order valence-electron chi connectivity index (χ3n) is 3.57. The van der Waals surface area contributed by atoms with Crippen molar-refractivity contribution >= 4 is 17.4 Å². The van der Waals surface area contributed by atoms with Crippen LogP contribution in [0, 0.1) is 17.7 Å². The molecule has 4 nitrogen and oxygen atoms in total. The lowest BCUT2D eigenvalue weighted by Crippen LogP contribution is -2.25. The minimum atomic E-state index is -0.463. The Labute approximate surface area is 111 Å². The molecule has 0 radical (unpaired) electrons. The van der Waals surface area contributed by atoms with E-state index in [0.717, 1.165) is 45.0 Å². The summed E-state index contributed by atoms with van der Waals surface area (Å²) in [5, 5.41) is 3.08. The Morgan fingerprint density at radius 2 is 2.00 bits per heavy atom. The van der Waals surface area contributed by atoms with E-state index in [1.807, 2.05) is 0 Å². The van der Waals surface area contributed by atoms with Gasteiger partial charge in [0.1, 0.15) is 0 Å². The maximum Gasteiger partial charge on any atom is 0.224 e. The molecular formula is C12H18ClFN4. The minimum absolute atomic E-state index is 0.0609. The van der Waals surface area contributed by atoms with Crippen LogP contribution in [0.5, 0.6) is 0 Å². The third-order valence-corrected chi connectivity index (χ3v) is 3.75. The molecule has 0 saturated heterocycles. The summed E-state index contributed by atoms with van der Waals surface area (Å²) >= 11 is 5.63. The highest BCUT2D eigenvalue weighted by molar-refractivity contribution is 6.28. The molecule has 18 heavy (non-hydrogen) atoms. The Hall–Kier alpha value is -0.940. The van der Waals surface area contributed by atoms with Crippen molar-refractivity contribution in [2.45, 2.75) is 25.7 Å². The Bertz CT molecular complexity index is 394. The van der Waals surface area contributed by atoms with E-state index in [4.69, 9.17) is 17.3 Å². The normalized spacial score (nSPS) is 23.9. The maximum absolute atomic E-state index is 13.4. The second kappa shape index (κ2) is 6.29. The molecule has 100 valence electrons. The molecule has 0 aromatic carbocycles. The van der Waals surface area contributed by atoms with Gasteiger partial charge in [-0.05, 0) is 55.7 Å². The van der Waals surface area contributed by atoms with Crippen LogP contribution in [0.4, 0.5) is 10.2 Å². The zero-order valence-corrected chi connectivity index (χ0v) is 11.0. The van der Waals surface area contributed by atoms with Crippen molar-refractivity contribution in [1.82, 2.24) is 9.97 Å². The molecule has 1 heterocycles. The first-order valence-electron chi connectivity index (χ1n) is 6.31. The third kappa shape index (κ3) is 3.53. The largest absolute Gasteiger partial charge is 0.367 e. The van der Waals surface area contributed by atoms with Crippen molar-refractivity contribution in [3.05, 3.63) is 17.3 Å². The average molecular weight is 273 g/mol. The van der Waals surface area contributed by atoms with Crippen molar-refractivity contribution in [2.24, 2.45) is 17.6 Å². The smallest absolute Gasteiger partial charge is 0.224 e. The van der Waals surface area contributed by atoms with Crippen LogP contribution in [-0.2, 0) is 0 Å². The van der Waals surface area contributed by atoms with Gasteiger partial charge >= 0.3 is 0 Å². The predicted molar refractivity (Wildman–Crippen MR) is 70.0 cm³/mol. The molecule has 1 aliphatic carbocycles. The van der Waals surface area contributed by atoms with Crippen molar-refractivity contribution in [3.8, 4) is 0 Å². The minimum Gasteiger partial charge on any atom is -0.367 e. The van der Waals surface area contributed by atoms with Crippen molar-refractivity contribution < 1.29 is 4.39 Å². The van der Waals surface area contributed by atoms with Crippen LogP contribution in [-0.4, -0.2) is 23.1 Å². The number of hydrogen-bond donors (Lipinski definition) is 2. The quantitative estimate of drug-likeness (QED) is 0.827. The first-order valence-corrected chi connectivity index (χ1v) is 6.68. The molecule has 1 aromatic rings. The van der Waals surface area contributed by atoms with Crippen molar-refractivity contribution in [2.75, 3.05) is 18.4 Å². The molecule has 0 bridgehead atoms. The lowest BCUT2D eigenvalue weighted by molar-refractivity contribution is 0.289. The number of rotatable bonds is 4. The molecule has 2 rings (SSSR count). The van der Waals surface area contributed by atoms with E-state index >= 15 is 0 Å². The Morgan fingerprint density at radius 3 is 2.67 bits per heavy atom. The SMILES string of the molecule is NCC1CCC(CNc2nc(Cl)ncc2F)CC1. The van der Waals surface area contributed by atoms with Crippen LogP contribution < -0.4 is 11.1 Å². The van der Waals surface area contributed by atoms with Gasteiger partial charge in [0.15, 0.2) is 11.6 Å². The standard InChI is InChI=1S/C12H18ClFN4/c13-12-17-7-10(14)11(18-12)16-6-9-3-1-8(5-15)2-4-9/h7-9H,1-6,15H2,(H,16,17,18). The molecule has 0 atom stereocenters. The second-order valence-corrected chi connectivity index (χ2v) is 5.18. The monoisotopic (exact) mass is 272 g/mol. The van der Waals surface area contributed by atoms with E-state index in [-0.39, 0.29) is 11.1 Å². The van der Waals surface area contributed by atoms with Gasteiger partial charge in [0.2, 0.25) is 5.28 Å². The molecule has 1 saturated carbocycles. The predicted octanol–water partition coefficient (Wildman–Crippen LogP) is 2.45. The van der Waals surface area contributed by atoms with Crippen LogP contribution in [0.2, 0.25) is 5.28 Å². The summed E-state index contributed by atoms with van der Waals surface area (Å²) in [6.07, 6.45) is 5.68. The molecule has 0 spiro atoms. The van der Waals surface area contributed by atoms with Crippen LogP contribution in [0.15, 0.2) is 6.20 Å². The molecule has 1 aliphatic rings. The van der Waals surface area contributed by atoms with E-state index in [9.17, 15) is 4.39 Å². The van der Waals surface area contributed by atoms with Crippen LogP contribution >= 0.6 is 11.6 Å². The van der Waals surface area contributed by atoms with Gasteiger partial charge in [-0.2, -0.15) is 4.98 Å². The fourth-order valence-electron chi connectivity index (χ4n) is 2.38. The molecule has 0 unspecified atom stereocenters. The molecule has 0 amide bonds. The zero-order valence-electron chi connectivity index (χ0n) is 10.2. The number of nitrogens with one attached hydrogen (secondary N) is 1. The number of anilines is 1. The van der Waals surface area contributed by atoms with Gasteiger partial charge in [-0.1, -0.05) is 0 Å². The average Bonchev–Trinajstić information content (AvgIpc) is 2.40. The number of aromatic nitrogens is 2. The molecule has 1 aromatic heterocycles. The molecular weight excluding hydrogens is 255 g/mol. The molecule has 3 N–H and O–H groups in total. The van der Waals surface area contributed by atoms with Gasteiger partial charge in [-0.3, -0.25) is 0 Å². The highest BCUT2D eigenvalue weighted by Crippen LogP contribution is 2.28. The van der Waals surface area contributed by atoms with Gasteiger partial charge in [0, 0.05) is 6.54 Å². The lowest BCUT2D eigenvalue weighted by Gasteiger charge is -2.27. The topological polar surface area (TPSA) is 63.8 Å². The lowest BCUT2D eigenvalue weighted by atomic mass is 9.82. The highest BCUT2D eigenvalue weighted by atomic mass is 35.5. The summed E-state index contributed by atoms with van der Waals surface area (Å²) < 4.78 is 13.4. The first kappa shape index (κ1) is 13.5. The fraction of sp³-hybridized carbons (Fsp3) is 0.667. The van der Waals surface area contributed by atoms with E-state index in [2.05, 4.69) is 15.3 Å². The van der Waals surface area contributed by atoms with E-state index < -0.39 is 5.82 Å². The van der Waals surface area contributed by atoms with Gasteiger partial charge in [0.05, 0.1) is 6.20 Å². The number of hydrogen-bond acceptors (Lipinski definition) is 4. The summed E-state index contributed by atoms with van der Waals surface area (Å²) in [6.45, 7) is 1.50. The van der Waals surface area contributed by atoms with Gasteiger partial charge in [0.25, 0.3) is 0 Å². The second-order valence-electron chi connectivity index (χ2n) is 4.84. The number of nitrogens with zero attached hydrogens (tertiary/aromatic N) is 2. The first-order chi connectivity index (χ1) is 8.69. The van der Waals surface area contributed by atoms with Crippen molar-refractivity contribution in [3.63, 3.8) is 0 Å². The van der Waals surface area contributed by atoms with Gasteiger partial charge < -0.3 is 11.1 Å². The Balaban J connectivity index is 1.83. The van der Waals surface area contributed by atoms with Crippen LogP contribution in [0.1, 0.15) is 25.7 Å². The highest BCUT2D eigenvalue weighted by Gasteiger charge is 2.20.